The van der Waals surface area contributed by atoms with E-state index in [0.717, 1.165) is 16.5 Å². The molecule has 1 aliphatic rings. The van der Waals surface area contributed by atoms with Crippen LogP contribution in [0.5, 0.6) is 5.75 Å². The van der Waals surface area contributed by atoms with E-state index < -0.39 is 22.1 Å². The standard InChI is InChI=1S/C21H20N2O4S/c1-13-9-10-18(16-7-3-2-6-15(13)16)28(25,26)27-17-8-4-5-14-11-12-23-20(19(14)17)21(22)24/h2-10,20,23H,11-12H2,1H3,(H2,22,24). The molecule has 0 radical (unpaired) electrons. The molecule has 4 rings (SSSR count). The molecular formula is C21H20N2O4S. The predicted molar refractivity (Wildman–Crippen MR) is 107 cm³/mol. The molecular weight excluding hydrogens is 376 g/mol. The van der Waals surface area contributed by atoms with Crippen LogP contribution < -0.4 is 15.2 Å². The van der Waals surface area contributed by atoms with Crippen LogP contribution in [-0.4, -0.2) is 20.9 Å². The number of amides is 1. The molecule has 144 valence electrons. The summed E-state index contributed by atoms with van der Waals surface area (Å²) in [5, 5.41) is 4.47. The minimum absolute atomic E-state index is 0.0886. The van der Waals surface area contributed by atoms with Gasteiger partial charge in [-0.25, -0.2) is 0 Å². The number of nitrogens with one attached hydrogen (secondary N) is 1. The summed E-state index contributed by atoms with van der Waals surface area (Å²) in [5.41, 5.74) is 7.83. The number of fused-ring (bicyclic) bond motifs is 2. The van der Waals surface area contributed by atoms with Crippen LogP contribution in [-0.2, 0) is 21.3 Å². The van der Waals surface area contributed by atoms with Gasteiger partial charge in [-0.05, 0) is 42.0 Å². The summed E-state index contributed by atoms with van der Waals surface area (Å²) >= 11 is 0. The van der Waals surface area contributed by atoms with Gasteiger partial charge in [0.15, 0.2) is 0 Å². The monoisotopic (exact) mass is 396 g/mol. The Hall–Kier alpha value is -2.90. The van der Waals surface area contributed by atoms with E-state index in [0.29, 0.717) is 23.9 Å². The molecule has 0 saturated heterocycles. The smallest absolute Gasteiger partial charge is 0.339 e. The molecule has 1 unspecified atom stereocenters. The summed E-state index contributed by atoms with van der Waals surface area (Å²) in [6.07, 6.45) is 0.657. The van der Waals surface area contributed by atoms with Gasteiger partial charge in [0.2, 0.25) is 5.91 Å². The number of hydrogen-bond donors (Lipinski definition) is 2. The molecule has 0 saturated carbocycles. The zero-order chi connectivity index (χ0) is 19.9. The van der Waals surface area contributed by atoms with Crippen LogP contribution >= 0.6 is 0 Å². The highest BCUT2D eigenvalue weighted by atomic mass is 32.2. The Morgan fingerprint density at radius 1 is 1.07 bits per heavy atom. The lowest BCUT2D eigenvalue weighted by atomic mass is 9.93. The maximum Gasteiger partial charge on any atom is 0.339 e. The third-order valence-electron chi connectivity index (χ3n) is 5.04. The Morgan fingerprint density at radius 2 is 1.82 bits per heavy atom. The SMILES string of the molecule is Cc1ccc(S(=O)(=O)Oc2cccc3c2C(C(N)=O)NCC3)c2ccccc12. The Kier molecular flexibility index (Phi) is 4.56. The van der Waals surface area contributed by atoms with E-state index >= 15 is 0 Å². The quantitative estimate of drug-likeness (QED) is 0.661. The molecule has 1 heterocycles. The van der Waals surface area contributed by atoms with Gasteiger partial charge in [0, 0.05) is 17.5 Å². The summed E-state index contributed by atoms with van der Waals surface area (Å²) in [7, 11) is -4.12. The minimum atomic E-state index is -4.12. The summed E-state index contributed by atoms with van der Waals surface area (Å²) in [6, 6.07) is 14.9. The van der Waals surface area contributed by atoms with Gasteiger partial charge in [-0.1, -0.05) is 42.5 Å². The van der Waals surface area contributed by atoms with E-state index in [-0.39, 0.29) is 10.6 Å². The van der Waals surface area contributed by atoms with E-state index in [1.165, 1.54) is 0 Å². The molecule has 28 heavy (non-hydrogen) atoms. The summed E-state index contributed by atoms with van der Waals surface area (Å²) in [5.74, 6) is -0.451. The van der Waals surface area contributed by atoms with Crippen LogP contribution in [0.4, 0.5) is 0 Å². The van der Waals surface area contributed by atoms with Crippen molar-refractivity contribution in [3.05, 3.63) is 71.3 Å². The molecule has 0 aromatic heterocycles. The number of hydrogen-bond acceptors (Lipinski definition) is 5. The number of carbonyl (C=O) groups excluding carboxylic acids is 1. The van der Waals surface area contributed by atoms with Crippen molar-refractivity contribution in [2.75, 3.05) is 6.54 Å². The topological polar surface area (TPSA) is 98.5 Å². The first-order valence-electron chi connectivity index (χ1n) is 8.96. The first kappa shape index (κ1) is 18.5. The van der Waals surface area contributed by atoms with Crippen molar-refractivity contribution in [3.8, 4) is 5.75 Å². The van der Waals surface area contributed by atoms with Crippen LogP contribution in [0.15, 0.2) is 59.5 Å². The third kappa shape index (κ3) is 3.12. The first-order valence-corrected chi connectivity index (χ1v) is 10.4. The van der Waals surface area contributed by atoms with Gasteiger partial charge in [0.1, 0.15) is 16.7 Å². The van der Waals surface area contributed by atoms with Crippen LogP contribution in [0.25, 0.3) is 10.8 Å². The highest BCUT2D eigenvalue weighted by Gasteiger charge is 2.30. The van der Waals surface area contributed by atoms with Crippen molar-refractivity contribution in [2.24, 2.45) is 5.73 Å². The Morgan fingerprint density at radius 3 is 2.57 bits per heavy atom. The maximum atomic E-state index is 13.1. The van der Waals surface area contributed by atoms with Gasteiger partial charge in [0.25, 0.3) is 0 Å². The highest BCUT2D eigenvalue weighted by molar-refractivity contribution is 7.87. The molecule has 7 heteroatoms. The molecule has 6 nitrogen and oxygen atoms in total. The lowest BCUT2D eigenvalue weighted by Gasteiger charge is -2.26. The van der Waals surface area contributed by atoms with Crippen molar-refractivity contribution in [3.63, 3.8) is 0 Å². The number of primary amides is 1. The van der Waals surface area contributed by atoms with Crippen LogP contribution in [0.1, 0.15) is 22.7 Å². The number of nitrogens with two attached hydrogens (primary N) is 1. The van der Waals surface area contributed by atoms with Gasteiger partial charge >= 0.3 is 10.1 Å². The highest BCUT2D eigenvalue weighted by Crippen LogP contribution is 2.35. The Labute approximate surface area is 163 Å². The lowest BCUT2D eigenvalue weighted by molar-refractivity contribution is -0.120. The van der Waals surface area contributed by atoms with Crippen LogP contribution in [0.2, 0.25) is 0 Å². The van der Waals surface area contributed by atoms with Crippen LogP contribution in [0.3, 0.4) is 0 Å². The average molecular weight is 396 g/mol. The number of carbonyl (C=O) groups is 1. The summed E-state index contributed by atoms with van der Waals surface area (Å²) < 4.78 is 31.8. The molecule has 0 spiro atoms. The van der Waals surface area contributed by atoms with Crippen molar-refractivity contribution < 1.29 is 17.4 Å². The van der Waals surface area contributed by atoms with Crippen molar-refractivity contribution >= 4 is 26.8 Å². The number of benzene rings is 3. The fourth-order valence-corrected chi connectivity index (χ4v) is 4.86. The fourth-order valence-electron chi connectivity index (χ4n) is 3.71. The second kappa shape index (κ2) is 6.92. The molecule has 0 aliphatic carbocycles. The van der Waals surface area contributed by atoms with Gasteiger partial charge < -0.3 is 15.2 Å². The number of rotatable bonds is 4. The maximum absolute atomic E-state index is 13.1. The zero-order valence-electron chi connectivity index (χ0n) is 15.3. The Bertz CT molecular complexity index is 1190. The van der Waals surface area contributed by atoms with Crippen molar-refractivity contribution in [2.45, 2.75) is 24.3 Å². The molecule has 3 aromatic carbocycles. The minimum Gasteiger partial charge on any atom is -0.379 e. The summed E-state index contributed by atoms with van der Waals surface area (Å²) in [6.45, 7) is 2.51. The fraction of sp³-hybridized carbons (Fsp3) is 0.190. The van der Waals surface area contributed by atoms with E-state index in [1.807, 2.05) is 25.1 Å². The molecule has 1 aliphatic heterocycles. The molecule has 0 bridgehead atoms. The predicted octanol–water partition coefficient (Wildman–Crippen LogP) is 2.59. The zero-order valence-corrected chi connectivity index (χ0v) is 16.1. The largest absolute Gasteiger partial charge is 0.379 e. The second-order valence-electron chi connectivity index (χ2n) is 6.83. The van der Waals surface area contributed by atoms with Gasteiger partial charge in [-0.2, -0.15) is 8.42 Å². The van der Waals surface area contributed by atoms with E-state index in [2.05, 4.69) is 5.32 Å². The van der Waals surface area contributed by atoms with Gasteiger partial charge in [-0.15, -0.1) is 0 Å². The Balaban J connectivity index is 1.83. The average Bonchev–Trinajstić information content (AvgIpc) is 2.67. The van der Waals surface area contributed by atoms with Crippen molar-refractivity contribution in [1.82, 2.24) is 5.32 Å². The third-order valence-corrected chi connectivity index (χ3v) is 6.34. The summed E-state index contributed by atoms with van der Waals surface area (Å²) in [4.78, 5) is 12.0. The first-order chi connectivity index (χ1) is 13.4. The second-order valence-corrected chi connectivity index (χ2v) is 8.35. The molecule has 3 aromatic rings. The molecule has 3 N–H and O–H groups in total. The number of aryl methyl sites for hydroxylation is 1. The molecule has 1 amide bonds. The normalized spacial score (nSPS) is 16.5. The van der Waals surface area contributed by atoms with Crippen molar-refractivity contribution in [1.29, 1.82) is 0 Å². The van der Waals surface area contributed by atoms with Crippen LogP contribution in [0, 0.1) is 6.92 Å². The van der Waals surface area contributed by atoms with E-state index in [9.17, 15) is 13.2 Å². The van der Waals surface area contributed by atoms with Gasteiger partial charge in [0.05, 0.1) is 0 Å². The lowest BCUT2D eigenvalue weighted by Crippen LogP contribution is -2.39. The van der Waals surface area contributed by atoms with E-state index in [1.54, 1.807) is 36.4 Å². The molecule has 1 atom stereocenters. The molecule has 0 fully saturated rings. The van der Waals surface area contributed by atoms with E-state index in [4.69, 9.17) is 9.92 Å². The van der Waals surface area contributed by atoms with Gasteiger partial charge in [-0.3, -0.25) is 4.79 Å².